The Balaban J connectivity index is 2.27. The summed E-state index contributed by atoms with van der Waals surface area (Å²) in [6.45, 7) is 0. The molecule has 0 saturated heterocycles. The second-order valence-corrected chi connectivity index (χ2v) is 5.36. The lowest BCUT2D eigenvalue weighted by Gasteiger charge is -2.19. The van der Waals surface area contributed by atoms with Gasteiger partial charge in [-0.05, 0) is 42.3 Å². The average Bonchev–Trinajstić information content (AvgIpc) is 2.64. The molecule has 0 fully saturated rings. The Kier molecular flexibility index (Phi) is 6.44. The van der Waals surface area contributed by atoms with E-state index in [4.69, 9.17) is 21.1 Å². The number of anilines is 1. The number of aromatic nitrogens is 1. The standard InChI is InChI=1S/C19H17ClN2O3/c1-22(17(13-24-2)19(23)25-3)18-6-4-5-16(21-18)12-9-14-7-10-15(20)11-8-14/h4-8,10-11,13H,1-3H3. The van der Waals surface area contributed by atoms with E-state index in [2.05, 4.69) is 16.8 Å². The molecule has 0 unspecified atom stereocenters. The maximum Gasteiger partial charge on any atom is 0.357 e. The smallest absolute Gasteiger partial charge is 0.357 e. The van der Waals surface area contributed by atoms with Gasteiger partial charge in [0.25, 0.3) is 0 Å². The molecule has 0 saturated carbocycles. The fourth-order valence-corrected chi connectivity index (χ4v) is 2.08. The minimum absolute atomic E-state index is 0.223. The van der Waals surface area contributed by atoms with E-state index in [1.54, 1.807) is 36.2 Å². The van der Waals surface area contributed by atoms with Gasteiger partial charge in [-0.15, -0.1) is 0 Å². The molecule has 1 aromatic carbocycles. The summed E-state index contributed by atoms with van der Waals surface area (Å²) in [5.41, 5.74) is 1.63. The second-order valence-electron chi connectivity index (χ2n) is 4.93. The Morgan fingerprint density at radius 3 is 2.52 bits per heavy atom. The maximum absolute atomic E-state index is 11.9. The van der Waals surface area contributed by atoms with Gasteiger partial charge in [0.15, 0.2) is 5.70 Å². The topological polar surface area (TPSA) is 51.7 Å². The van der Waals surface area contributed by atoms with E-state index < -0.39 is 5.97 Å². The number of hydrogen-bond acceptors (Lipinski definition) is 5. The van der Waals surface area contributed by atoms with Crippen LogP contribution in [0, 0.1) is 11.8 Å². The zero-order valence-corrected chi connectivity index (χ0v) is 14.9. The van der Waals surface area contributed by atoms with Crippen LogP contribution in [0.1, 0.15) is 11.3 Å². The molecule has 128 valence electrons. The predicted molar refractivity (Wildman–Crippen MR) is 97.2 cm³/mol. The van der Waals surface area contributed by atoms with Gasteiger partial charge in [0.2, 0.25) is 0 Å². The summed E-state index contributed by atoms with van der Waals surface area (Å²) >= 11 is 5.86. The highest BCUT2D eigenvalue weighted by atomic mass is 35.5. The molecule has 6 heteroatoms. The van der Waals surface area contributed by atoms with Crippen molar-refractivity contribution in [2.75, 3.05) is 26.2 Å². The van der Waals surface area contributed by atoms with E-state index >= 15 is 0 Å². The van der Waals surface area contributed by atoms with Crippen molar-refractivity contribution in [1.29, 1.82) is 0 Å². The molecule has 0 atom stereocenters. The Morgan fingerprint density at radius 2 is 1.88 bits per heavy atom. The molecule has 2 aromatic rings. The van der Waals surface area contributed by atoms with Crippen LogP contribution in [0.5, 0.6) is 0 Å². The molecular formula is C19H17ClN2O3. The monoisotopic (exact) mass is 356 g/mol. The van der Waals surface area contributed by atoms with E-state index in [-0.39, 0.29) is 5.70 Å². The first kappa shape index (κ1) is 18.4. The third-order valence-electron chi connectivity index (χ3n) is 3.24. The number of carbonyl (C=O) groups excluding carboxylic acids is 1. The van der Waals surface area contributed by atoms with E-state index in [9.17, 15) is 4.79 Å². The van der Waals surface area contributed by atoms with Crippen molar-refractivity contribution in [1.82, 2.24) is 4.98 Å². The molecule has 0 aliphatic carbocycles. The summed E-state index contributed by atoms with van der Waals surface area (Å²) in [7, 11) is 4.46. The number of carbonyl (C=O) groups is 1. The van der Waals surface area contributed by atoms with Gasteiger partial charge in [-0.2, -0.15) is 0 Å². The largest absolute Gasteiger partial charge is 0.502 e. The van der Waals surface area contributed by atoms with Crippen molar-refractivity contribution in [3.05, 3.63) is 70.7 Å². The SMILES string of the molecule is COC=C(C(=O)OC)N(C)c1cccc(C#Cc2ccc(Cl)cc2)n1. The maximum atomic E-state index is 11.9. The van der Waals surface area contributed by atoms with Crippen LogP contribution < -0.4 is 4.90 Å². The minimum Gasteiger partial charge on any atom is -0.502 e. The first-order valence-electron chi connectivity index (χ1n) is 7.35. The van der Waals surface area contributed by atoms with Crippen LogP contribution >= 0.6 is 11.6 Å². The van der Waals surface area contributed by atoms with Gasteiger partial charge in [-0.25, -0.2) is 9.78 Å². The van der Waals surface area contributed by atoms with Crippen molar-refractivity contribution in [3.8, 4) is 11.8 Å². The summed E-state index contributed by atoms with van der Waals surface area (Å²) in [5, 5.41) is 0.660. The lowest BCUT2D eigenvalue weighted by atomic mass is 10.2. The molecule has 5 nitrogen and oxygen atoms in total. The summed E-state index contributed by atoms with van der Waals surface area (Å²) in [4.78, 5) is 17.9. The number of halogens is 1. The fourth-order valence-electron chi connectivity index (χ4n) is 1.95. The number of hydrogen-bond donors (Lipinski definition) is 0. The number of pyridine rings is 1. The van der Waals surface area contributed by atoms with Crippen molar-refractivity contribution < 1.29 is 14.3 Å². The molecule has 2 rings (SSSR count). The summed E-state index contributed by atoms with van der Waals surface area (Å²) in [6, 6.07) is 12.6. The Labute approximate surface area is 151 Å². The number of ether oxygens (including phenoxy) is 2. The van der Waals surface area contributed by atoms with Gasteiger partial charge in [-0.3, -0.25) is 0 Å². The molecule has 0 amide bonds. The van der Waals surface area contributed by atoms with Crippen molar-refractivity contribution in [3.63, 3.8) is 0 Å². The molecule has 1 aromatic heterocycles. The van der Waals surface area contributed by atoms with Crippen molar-refractivity contribution >= 4 is 23.4 Å². The summed E-state index contributed by atoms with van der Waals surface area (Å²) < 4.78 is 9.70. The predicted octanol–water partition coefficient (Wildman–Crippen LogP) is 3.23. The van der Waals surface area contributed by atoms with Crippen molar-refractivity contribution in [2.45, 2.75) is 0 Å². The Hall–Kier alpha value is -2.97. The average molecular weight is 357 g/mol. The molecule has 0 aliphatic heterocycles. The third kappa shape index (κ3) is 5.00. The molecular weight excluding hydrogens is 340 g/mol. The number of methoxy groups -OCH3 is 2. The summed E-state index contributed by atoms with van der Waals surface area (Å²) in [6.07, 6.45) is 1.31. The minimum atomic E-state index is -0.524. The quantitative estimate of drug-likeness (QED) is 0.364. The second kappa shape index (κ2) is 8.76. The Morgan fingerprint density at radius 1 is 1.16 bits per heavy atom. The van der Waals surface area contributed by atoms with Crippen LogP contribution in [0.15, 0.2) is 54.4 Å². The van der Waals surface area contributed by atoms with E-state index in [0.717, 1.165) is 5.56 Å². The van der Waals surface area contributed by atoms with Gasteiger partial charge < -0.3 is 14.4 Å². The number of nitrogens with zero attached hydrogens (tertiary/aromatic N) is 2. The Bertz CT molecular complexity index is 836. The van der Waals surface area contributed by atoms with E-state index in [1.807, 2.05) is 18.2 Å². The molecule has 1 heterocycles. The number of esters is 1. The first-order chi connectivity index (χ1) is 12.0. The van der Waals surface area contributed by atoms with Gasteiger partial charge in [0.1, 0.15) is 17.8 Å². The molecule has 0 spiro atoms. The highest BCUT2D eigenvalue weighted by Crippen LogP contribution is 2.16. The van der Waals surface area contributed by atoms with Crippen LogP contribution in [0.3, 0.4) is 0 Å². The lowest BCUT2D eigenvalue weighted by molar-refractivity contribution is -0.136. The van der Waals surface area contributed by atoms with E-state index in [0.29, 0.717) is 16.5 Å². The molecule has 0 N–H and O–H groups in total. The molecule has 25 heavy (non-hydrogen) atoms. The van der Waals surface area contributed by atoms with Crippen LogP contribution in [-0.2, 0) is 14.3 Å². The van der Waals surface area contributed by atoms with Crippen LogP contribution in [0.25, 0.3) is 0 Å². The van der Waals surface area contributed by atoms with Gasteiger partial charge >= 0.3 is 5.97 Å². The number of rotatable bonds is 4. The zero-order valence-electron chi connectivity index (χ0n) is 14.1. The van der Waals surface area contributed by atoms with Crippen LogP contribution in [-0.4, -0.2) is 32.2 Å². The highest BCUT2D eigenvalue weighted by molar-refractivity contribution is 6.30. The number of likely N-dealkylation sites (N-methyl/N-ethyl adjacent to an activating group) is 1. The van der Waals surface area contributed by atoms with Gasteiger partial charge in [-0.1, -0.05) is 23.6 Å². The van der Waals surface area contributed by atoms with Gasteiger partial charge in [0, 0.05) is 17.6 Å². The van der Waals surface area contributed by atoms with Crippen LogP contribution in [0.4, 0.5) is 5.82 Å². The zero-order chi connectivity index (χ0) is 18.2. The first-order valence-corrected chi connectivity index (χ1v) is 7.72. The normalized spacial score (nSPS) is 10.5. The van der Waals surface area contributed by atoms with Crippen LogP contribution in [0.2, 0.25) is 5.02 Å². The highest BCUT2D eigenvalue weighted by Gasteiger charge is 2.18. The number of benzene rings is 1. The van der Waals surface area contributed by atoms with E-state index in [1.165, 1.54) is 20.5 Å². The molecule has 0 aliphatic rings. The van der Waals surface area contributed by atoms with Crippen molar-refractivity contribution in [2.24, 2.45) is 0 Å². The third-order valence-corrected chi connectivity index (χ3v) is 3.49. The lowest BCUT2D eigenvalue weighted by Crippen LogP contribution is -2.25. The summed E-state index contributed by atoms with van der Waals surface area (Å²) in [5.74, 6) is 6.03. The van der Waals surface area contributed by atoms with Gasteiger partial charge in [0.05, 0.1) is 14.2 Å². The molecule has 0 bridgehead atoms. The fraction of sp³-hybridized carbons (Fsp3) is 0.158. The molecule has 0 radical (unpaired) electrons.